The fourth-order valence-electron chi connectivity index (χ4n) is 2.51. The Morgan fingerprint density at radius 1 is 1.22 bits per heavy atom. The number of amides is 1. The molecule has 27 heavy (non-hydrogen) atoms. The first kappa shape index (κ1) is 20.7. The van der Waals surface area contributed by atoms with Gasteiger partial charge in [-0.1, -0.05) is 0 Å². The molecule has 1 amide bonds. The van der Waals surface area contributed by atoms with Crippen LogP contribution in [-0.4, -0.2) is 43.4 Å². The summed E-state index contributed by atoms with van der Waals surface area (Å²) in [5.74, 6) is -0.823. The molecule has 2 aromatic rings. The van der Waals surface area contributed by atoms with Gasteiger partial charge in [0.1, 0.15) is 17.1 Å². The zero-order valence-corrected chi connectivity index (χ0v) is 16.3. The molecule has 0 bridgehead atoms. The Hall–Kier alpha value is -2.65. The van der Waals surface area contributed by atoms with E-state index in [1.54, 1.807) is 27.8 Å². The van der Waals surface area contributed by atoms with E-state index in [1.165, 1.54) is 35.2 Å². The minimum absolute atomic E-state index is 0.0538. The van der Waals surface area contributed by atoms with Crippen LogP contribution in [0.3, 0.4) is 0 Å². The lowest BCUT2D eigenvalue weighted by atomic mass is 10.2. The Kier molecular flexibility index (Phi) is 6.07. The van der Waals surface area contributed by atoms with Crippen molar-refractivity contribution in [3.63, 3.8) is 0 Å². The van der Waals surface area contributed by atoms with Gasteiger partial charge >= 0.3 is 5.97 Å². The van der Waals surface area contributed by atoms with Crippen molar-refractivity contribution in [1.29, 1.82) is 0 Å². The molecule has 2 rings (SSSR count). The topological polar surface area (TPSA) is 117 Å². The Labute approximate surface area is 157 Å². The summed E-state index contributed by atoms with van der Waals surface area (Å²) < 4.78 is 32.1. The van der Waals surface area contributed by atoms with Gasteiger partial charge in [-0.2, -0.15) is 0 Å². The first-order valence-electron chi connectivity index (χ1n) is 8.21. The van der Waals surface area contributed by atoms with Crippen LogP contribution in [-0.2, 0) is 16.6 Å². The molecule has 1 aromatic carbocycles. The van der Waals surface area contributed by atoms with E-state index in [4.69, 9.17) is 9.52 Å². The van der Waals surface area contributed by atoms with Crippen LogP contribution in [0.15, 0.2) is 39.6 Å². The molecule has 0 unspecified atom stereocenters. The highest BCUT2D eigenvalue weighted by Crippen LogP contribution is 2.18. The minimum atomic E-state index is -3.63. The van der Waals surface area contributed by atoms with Crippen LogP contribution < -0.4 is 4.72 Å². The number of nitrogens with one attached hydrogen (secondary N) is 1. The van der Waals surface area contributed by atoms with Crippen LogP contribution in [0.5, 0.6) is 0 Å². The summed E-state index contributed by atoms with van der Waals surface area (Å²) in [4.78, 5) is 25.0. The quantitative estimate of drug-likeness (QED) is 0.744. The van der Waals surface area contributed by atoms with Crippen LogP contribution in [0, 0.1) is 6.92 Å². The van der Waals surface area contributed by atoms with Crippen LogP contribution in [0.2, 0.25) is 0 Å². The number of furan rings is 1. The van der Waals surface area contributed by atoms with Gasteiger partial charge in [0.25, 0.3) is 5.91 Å². The minimum Gasteiger partial charge on any atom is -0.478 e. The monoisotopic (exact) mass is 394 g/mol. The number of rotatable bonds is 7. The molecule has 0 spiro atoms. The number of sulfonamides is 1. The lowest BCUT2D eigenvalue weighted by Gasteiger charge is -2.16. The third-order valence-corrected chi connectivity index (χ3v) is 5.42. The van der Waals surface area contributed by atoms with E-state index in [-0.39, 0.29) is 34.7 Å². The highest BCUT2D eigenvalue weighted by molar-refractivity contribution is 7.89. The molecule has 0 aliphatic carbocycles. The second-order valence-electron chi connectivity index (χ2n) is 6.45. The molecule has 1 aromatic heterocycles. The van der Waals surface area contributed by atoms with Crippen molar-refractivity contribution in [3.05, 3.63) is 53.0 Å². The maximum absolute atomic E-state index is 12.5. The molecule has 0 saturated carbocycles. The van der Waals surface area contributed by atoms with Crippen molar-refractivity contribution in [2.75, 3.05) is 7.05 Å². The van der Waals surface area contributed by atoms with E-state index in [0.717, 1.165) is 0 Å². The van der Waals surface area contributed by atoms with Gasteiger partial charge in [0.15, 0.2) is 0 Å². The van der Waals surface area contributed by atoms with Crippen LogP contribution in [0.25, 0.3) is 0 Å². The Balaban J connectivity index is 2.13. The molecule has 8 nitrogen and oxygen atoms in total. The van der Waals surface area contributed by atoms with Crippen molar-refractivity contribution in [1.82, 2.24) is 9.62 Å². The standard InChI is InChI=1S/C18H22N2O6S/c1-11(2)19-27(24,25)15-7-5-13(6-8-15)17(21)20(4)10-14-9-16(18(22)23)12(3)26-14/h5-9,11,19H,10H2,1-4H3,(H,22,23). The number of carboxylic acids is 1. The smallest absolute Gasteiger partial charge is 0.339 e. The SMILES string of the molecule is Cc1oc(CN(C)C(=O)c2ccc(S(=O)(=O)NC(C)C)cc2)cc1C(=O)O. The molecule has 0 radical (unpaired) electrons. The van der Waals surface area contributed by atoms with Crippen LogP contribution >= 0.6 is 0 Å². The molecule has 9 heteroatoms. The predicted molar refractivity (Wildman–Crippen MR) is 98.1 cm³/mol. The van der Waals surface area contributed by atoms with Crippen LogP contribution in [0.4, 0.5) is 0 Å². The predicted octanol–water partition coefficient (Wildman–Crippen LogP) is 2.25. The largest absolute Gasteiger partial charge is 0.478 e. The fourth-order valence-corrected chi connectivity index (χ4v) is 3.77. The summed E-state index contributed by atoms with van der Waals surface area (Å²) in [6.07, 6.45) is 0. The van der Waals surface area contributed by atoms with Gasteiger partial charge in [0.05, 0.1) is 11.4 Å². The van der Waals surface area contributed by atoms with Gasteiger partial charge in [0.2, 0.25) is 10.0 Å². The average Bonchev–Trinajstić information content (AvgIpc) is 2.93. The summed E-state index contributed by atoms with van der Waals surface area (Å²) in [6.45, 7) is 5.06. The highest BCUT2D eigenvalue weighted by Gasteiger charge is 2.19. The third kappa shape index (κ3) is 4.95. The number of carboxylic acid groups (broad SMARTS) is 1. The summed E-state index contributed by atoms with van der Waals surface area (Å²) in [5, 5.41) is 9.05. The molecule has 146 valence electrons. The number of hydrogen-bond acceptors (Lipinski definition) is 5. The second-order valence-corrected chi connectivity index (χ2v) is 8.16. The van der Waals surface area contributed by atoms with Gasteiger partial charge in [-0.15, -0.1) is 0 Å². The molecule has 0 aliphatic heterocycles. The number of aromatic carboxylic acids is 1. The zero-order chi connectivity index (χ0) is 20.4. The number of benzene rings is 1. The second kappa shape index (κ2) is 7.93. The number of hydrogen-bond donors (Lipinski definition) is 2. The normalized spacial score (nSPS) is 11.6. The van der Waals surface area contributed by atoms with Gasteiger partial charge in [-0.25, -0.2) is 17.9 Å². The molecule has 0 saturated heterocycles. The summed E-state index contributed by atoms with van der Waals surface area (Å²) >= 11 is 0. The Morgan fingerprint density at radius 2 is 1.81 bits per heavy atom. The van der Waals surface area contributed by atoms with Crippen molar-refractivity contribution in [3.8, 4) is 0 Å². The molecule has 0 atom stereocenters. The molecule has 0 fully saturated rings. The van der Waals surface area contributed by atoms with Gasteiger partial charge in [-0.3, -0.25) is 4.79 Å². The van der Waals surface area contributed by atoms with Crippen molar-refractivity contribution in [2.24, 2.45) is 0 Å². The number of carbonyl (C=O) groups is 2. The first-order chi connectivity index (χ1) is 12.5. The van der Waals surface area contributed by atoms with Crippen molar-refractivity contribution >= 4 is 21.9 Å². The van der Waals surface area contributed by atoms with E-state index >= 15 is 0 Å². The van der Waals surface area contributed by atoms with E-state index in [2.05, 4.69) is 4.72 Å². The maximum atomic E-state index is 12.5. The fraction of sp³-hybridized carbons (Fsp3) is 0.333. The van der Waals surface area contributed by atoms with Gasteiger partial charge in [0, 0.05) is 18.7 Å². The molecule has 1 heterocycles. The summed E-state index contributed by atoms with van der Waals surface area (Å²) in [6, 6.07) is 6.74. The molecular formula is C18H22N2O6S. The van der Waals surface area contributed by atoms with E-state index in [1.807, 2.05) is 0 Å². The van der Waals surface area contributed by atoms with Crippen LogP contribution in [0.1, 0.15) is 46.1 Å². The van der Waals surface area contributed by atoms with Gasteiger partial charge < -0.3 is 14.4 Å². The lowest BCUT2D eigenvalue weighted by molar-refractivity contribution is 0.0694. The zero-order valence-electron chi connectivity index (χ0n) is 15.5. The maximum Gasteiger partial charge on any atom is 0.339 e. The summed E-state index contributed by atoms with van der Waals surface area (Å²) in [7, 11) is -2.08. The highest BCUT2D eigenvalue weighted by atomic mass is 32.2. The van der Waals surface area contributed by atoms with Gasteiger partial charge in [-0.05, 0) is 51.1 Å². The molecular weight excluding hydrogens is 372 g/mol. The Morgan fingerprint density at radius 3 is 2.30 bits per heavy atom. The van der Waals surface area contributed by atoms with E-state index < -0.39 is 16.0 Å². The van der Waals surface area contributed by atoms with Crippen molar-refractivity contribution < 1.29 is 27.5 Å². The summed E-state index contributed by atoms with van der Waals surface area (Å²) in [5.41, 5.74) is 0.362. The number of carbonyl (C=O) groups excluding carboxylic acids is 1. The number of nitrogens with zero attached hydrogens (tertiary/aromatic N) is 1. The third-order valence-electron chi connectivity index (χ3n) is 3.74. The Bertz CT molecular complexity index is 945. The molecule has 0 aliphatic rings. The molecule has 2 N–H and O–H groups in total. The van der Waals surface area contributed by atoms with E-state index in [0.29, 0.717) is 11.3 Å². The first-order valence-corrected chi connectivity index (χ1v) is 9.70. The van der Waals surface area contributed by atoms with E-state index in [9.17, 15) is 18.0 Å². The average molecular weight is 394 g/mol. The lowest BCUT2D eigenvalue weighted by Crippen LogP contribution is -2.30. The number of aryl methyl sites for hydroxylation is 1. The van der Waals surface area contributed by atoms with Crippen molar-refractivity contribution in [2.45, 2.75) is 38.3 Å².